The Kier molecular flexibility index (Phi) is 7.37. The molecule has 2 aromatic rings. The summed E-state index contributed by atoms with van der Waals surface area (Å²) < 4.78 is 0. The lowest BCUT2D eigenvalue weighted by atomic mass is 9.89. The van der Waals surface area contributed by atoms with Crippen molar-refractivity contribution >= 4 is 17.3 Å². The van der Waals surface area contributed by atoms with Gasteiger partial charge in [-0.1, -0.05) is 19.9 Å². The lowest BCUT2D eigenvalue weighted by Gasteiger charge is -2.24. The first-order chi connectivity index (χ1) is 12.0. The highest BCUT2D eigenvalue weighted by Crippen LogP contribution is 2.24. The number of nitrogens with one attached hydrogen (secondary N) is 1. The first-order valence-corrected chi connectivity index (χ1v) is 9.69. The van der Waals surface area contributed by atoms with Crippen molar-refractivity contribution in [2.75, 3.05) is 20.1 Å². The van der Waals surface area contributed by atoms with Crippen LogP contribution in [0.1, 0.15) is 43.0 Å². The molecule has 1 unspecified atom stereocenters. The van der Waals surface area contributed by atoms with E-state index in [1.54, 1.807) is 11.3 Å². The van der Waals surface area contributed by atoms with E-state index in [0.29, 0.717) is 11.8 Å². The van der Waals surface area contributed by atoms with Crippen molar-refractivity contribution in [3.8, 4) is 0 Å². The summed E-state index contributed by atoms with van der Waals surface area (Å²) in [7, 11) is 2.06. The van der Waals surface area contributed by atoms with Gasteiger partial charge in [0.2, 0.25) is 0 Å². The first kappa shape index (κ1) is 19.4. The Morgan fingerprint density at radius 2 is 2.20 bits per heavy atom. The third-order valence-electron chi connectivity index (χ3n) is 4.12. The van der Waals surface area contributed by atoms with Crippen LogP contribution in [-0.2, 0) is 6.54 Å². The Morgan fingerprint density at radius 3 is 2.76 bits per heavy atom. The Labute approximate surface area is 155 Å². The standard InChI is InChI=1S/C19H29N5S/c1-6-21-19(24(5)12-17-13-25-15(4)23-17)22-11-18(14(2)3)16-8-7-9-20-10-16/h7-10,13-14,18H,6,11-12H2,1-5H3,(H,21,22). The summed E-state index contributed by atoms with van der Waals surface area (Å²) in [6, 6.07) is 4.14. The summed E-state index contributed by atoms with van der Waals surface area (Å²) in [5.41, 5.74) is 2.33. The number of guanidine groups is 1. The second kappa shape index (κ2) is 9.51. The first-order valence-electron chi connectivity index (χ1n) is 8.81. The number of pyridine rings is 1. The van der Waals surface area contributed by atoms with Crippen LogP contribution in [0.2, 0.25) is 0 Å². The minimum absolute atomic E-state index is 0.359. The molecule has 0 saturated carbocycles. The Morgan fingerprint density at radius 1 is 1.40 bits per heavy atom. The summed E-state index contributed by atoms with van der Waals surface area (Å²) in [6.07, 6.45) is 3.77. The van der Waals surface area contributed by atoms with Crippen LogP contribution in [-0.4, -0.2) is 41.0 Å². The monoisotopic (exact) mass is 359 g/mol. The summed E-state index contributed by atoms with van der Waals surface area (Å²) in [4.78, 5) is 15.8. The molecule has 0 aliphatic rings. The summed E-state index contributed by atoms with van der Waals surface area (Å²) in [5.74, 6) is 1.78. The molecular weight excluding hydrogens is 330 g/mol. The molecule has 0 amide bonds. The van der Waals surface area contributed by atoms with Crippen LogP contribution in [0.3, 0.4) is 0 Å². The molecular formula is C19H29N5S. The molecule has 0 spiro atoms. The molecule has 0 saturated heterocycles. The normalized spacial score (nSPS) is 13.1. The van der Waals surface area contributed by atoms with Gasteiger partial charge in [-0.2, -0.15) is 0 Å². The highest BCUT2D eigenvalue weighted by Gasteiger charge is 2.17. The molecule has 6 heteroatoms. The van der Waals surface area contributed by atoms with Crippen LogP contribution in [0.15, 0.2) is 34.9 Å². The van der Waals surface area contributed by atoms with E-state index in [-0.39, 0.29) is 0 Å². The van der Waals surface area contributed by atoms with E-state index in [4.69, 9.17) is 4.99 Å². The average molecular weight is 360 g/mol. The molecule has 0 aliphatic carbocycles. The molecule has 25 heavy (non-hydrogen) atoms. The molecule has 2 rings (SSSR count). The van der Waals surface area contributed by atoms with Gasteiger partial charge in [-0.15, -0.1) is 11.3 Å². The van der Waals surface area contributed by atoms with Crippen LogP contribution in [0, 0.1) is 12.8 Å². The number of thiazole rings is 1. The molecule has 1 N–H and O–H groups in total. The fourth-order valence-corrected chi connectivity index (χ4v) is 3.35. The summed E-state index contributed by atoms with van der Waals surface area (Å²) >= 11 is 1.69. The summed E-state index contributed by atoms with van der Waals surface area (Å²) in [6.45, 7) is 11.0. The van der Waals surface area contributed by atoms with E-state index in [1.807, 2.05) is 25.4 Å². The molecule has 136 valence electrons. The van der Waals surface area contributed by atoms with Crippen molar-refractivity contribution in [2.24, 2.45) is 10.9 Å². The van der Waals surface area contributed by atoms with Gasteiger partial charge >= 0.3 is 0 Å². The van der Waals surface area contributed by atoms with Crippen LogP contribution < -0.4 is 5.32 Å². The van der Waals surface area contributed by atoms with Crippen LogP contribution in [0.5, 0.6) is 0 Å². The van der Waals surface area contributed by atoms with Crippen molar-refractivity contribution in [1.29, 1.82) is 0 Å². The lowest BCUT2D eigenvalue weighted by molar-refractivity contribution is 0.460. The number of rotatable bonds is 7. The zero-order valence-electron chi connectivity index (χ0n) is 15.9. The third-order valence-corrected chi connectivity index (χ3v) is 4.94. The zero-order valence-corrected chi connectivity index (χ0v) is 16.7. The Bertz CT molecular complexity index is 665. The number of aryl methyl sites for hydroxylation is 1. The van der Waals surface area contributed by atoms with E-state index >= 15 is 0 Å². The van der Waals surface area contributed by atoms with Gasteiger partial charge in [0.05, 0.1) is 17.2 Å². The molecule has 0 aromatic carbocycles. The minimum Gasteiger partial charge on any atom is -0.357 e. The minimum atomic E-state index is 0.359. The molecule has 0 aliphatic heterocycles. The summed E-state index contributed by atoms with van der Waals surface area (Å²) in [5, 5.41) is 6.60. The van der Waals surface area contributed by atoms with Gasteiger partial charge in [0, 0.05) is 43.8 Å². The van der Waals surface area contributed by atoms with Crippen molar-refractivity contribution < 1.29 is 0 Å². The smallest absolute Gasteiger partial charge is 0.194 e. The quantitative estimate of drug-likeness (QED) is 0.605. The van der Waals surface area contributed by atoms with E-state index < -0.39 is 0 Å². The van der Waals surface area contributed by atoms with Gasteiger partial charge in [-0.3, -0.25) is 9.98 Å². The number of aliphatic imine (C=N–C) groups is 1. The fourth-order valence-electron chi connectivity index (χ4n) is 2.75. The maximum Gasteiger partial charge on any atom is 0.194 e. The van der Waals surface area contributed by atoms with Gasteiger partial charge in [0.15, 0.2) is 5.96 Å². The topological polar surface area (TPSA) is 53.4 Å². The molecule has 0 fully saturated rings. The highest BCUT2D eigenvalue weighted by molar-refractivity contribution is 7.09. The maximum atomic E-state index is 4.89. The largest absolute Gasteiger partial charge is 0.357 e. The van der Waals surface area contributed by atoms with Gasteiger partial charge < -0.3 is 10.2 Å². The van der Waals surface area contributed by atoms with Crippen molar-refractivity contribution in [3.05, 3.63) is 46.2 Å². The van der Waals surface area contributed by atoms with Gasteiger partial charge in [-0.25, -0.2) is 4.98 Å². The van der Waals surface area contributed by atoms with Crippen LogP contribution in [0.4, 0.5) is 0 Å². The Hall–Kier alpha value is -1.95. The van der Waals surface area contributed by atoms with E-state index in [9.17, 15) is 0 Å². The van der Waals surface area contributed by atoms with E-state index in [1.165, 1.54) is 5.56 Å². The number of nitrogens with zero attached hydrogens (tertiary/aromatic N) is 4. The molecule has 5 nitrogen and oxygen atoms in total. The molecule has 0 radical (unpaired) electrons. The fraction of sp³-hybridized carbons (Fsp3) is 0.526. The molecule has 2 heterocycles. The molecule has 0 bridgehead atoms. The maximum absolute atomic E-state index is 4.89. The van der Waals surface area contributed by atoms with Crippen molar-refractivity contribution in [3.63, 3.8) is 0 Å². The van der Waals surface area contributed by atoms with Crippen molar-refractivity contribution in [1.82, 2.24) is 20.2 Å². The second-order valence-electron chi connectivity index (χ2n) is 6.55. The molecule has 1 atom stereocenters. The predicted molar refractivity (Wildman–Crippen MR) is 106 cm³/mol. The van der Waals surface area contributed by atoms with Crippen molar-refractivity contribution in [2.45, 2.75) is 40.2 Å². The van der Waals surface area contributed by atoms with Crippen LogP contribution >= 0.6 is 11.3 Å². The van der Waals surface area contributed by atoms with Gasteiger partial charge in [-0.05, 0) is 31.4 Å². The predicted octanol–water partition coefficient (Wildman–Crippen LogP) is 3.68. The second-order valence-corrected chi connectivity index (χ2v) is 7.61. The highest BCUT2D eigenvalue weighted by atomic mass is 32.1. The average Bonchev–Trinajstić information content (AvgIpc) is 2.99. The SMILES string of the molecule is CCNC(=NCC(c1cccnc1)C(C)C)N(C)Cc1csc(C)n1. The Balaban J connectivity index is 2.11. The lowest BCUT2D eigenvalue weighted by Crippen LogP contribution is -2.39. The van der Waals surface area contributed by atoms with Gasteiger partial charge in [0.1, 0.15) is 0 Å². The zero-order chi connectivity index (χ0) is 18.2. The number of hydrogen-bond donors (Lipinski definition) is 1. The van der Waals surface area contributed by atoms with E-state index in [2.05, 4.69) is 59.4 Å². The van der Waals surface area contributed by atoms with E-state index in [0.717, 1.165) is 36.3 Å². The third kappa shape index (κ3) is 5.81. The number of hydrogen-bond acceptors (Lipinski definition) is 4. The molecule has 2 aromatic heterocycles. The van der Waals surface area contributed by atoms with Crippen LogP contribution in [0.25, 0.3) is 0 Å². The van der Waals surface area contributed by atoms with Gasteiger partial charge in [0.25, 0.3) is 0 Å². The number of aromatic nitrogens is 2.